The SMILES string of the molecule is CCOP(=O)(CC(=O)CCCCl)OCC. The second kappa shape index (κ2) is 8.28. The van der Waals surface area contributed by atoms with E-state index in [0.29, 0.717) is 18.7 Å². The highest BCUT2D eigenvalue weighted by Crippen LogP contribution is 2.47. The first kappa shape index (κ1) is 15.1. The molecule has 0 radical (unpaired) electrons. The standard InChI is InChI=1S/C9H18ClO4P/c1-3-13-15(12,14-4-2)8-9(11)6-5-7-10/h3-8H2,1-2H3. The van der Waals surface area contributed by atoms with Crippen LogP contribution in [0.2, 0.25) is 0 Å². The van der Waals surface area contributed by atoms with E-state index in [9.17, 15) is 9.36 Å². The predicted octanol–water partition coefficient (Wildman–Crippen LogP) is 2.84. The number of ketones is 1. The molecule has 0 aliphatic carbocycles. The number of rotatable bonds is 9. The van der Waals surface area contributed by atoms with E-state index >= 15 is 0 Å². The van der Waals surface area contributed by atoms with Gasteiger partial charge in [-0.05, 0) is 20.3 Å². The Morgan fingerprint density at radius 3 is 2.20 bits per heavy atom. The lowest BCUT2D eigenvalue weighted by Crippen LogP contribution is -2.09. The fourth-order valence-electron chi connectivity index (χ4n) is 1.08. The van der Waals surface area contributed by atoms with Crippen molar-refractivity contribution in [1.29, 1.82) is 0 Å². The molecule has 90 valence electrons. The van der Waals surface area contributed by atoms with Crippen LogP contribution in [0.5, 0.6) is 0 Å². The molecule has 0 fully saturated rings. The fourth-order valence-corrected chi connectivity index (χ4v) is 2.85. The molecule has 0 aromatic carbocycles. The summed E-state index contributed by atoms with van der Waals surface area (Å²) in [5.74, 6) is 0.306. The molecule has 0 atom stereocenters. The van der Waals surface area contributed by atoms with E-state index in [4.69, 9.17) is 20.6 Å². The van der Waals surface area contributed by atoms with Gasteiger partial charge in [0.05, 0.1) is 13.2 Å². The number of halogens is 1. The smallest absolute Gasteiger partial charge is 0.309 e. The van der Waals surface area contributed by atoms with Gasteiger partial charge in [0.1, 0.15) is 11.9 Å². The minimum atomic E-state index is -3.21. The van der Waals surface area contributed by atoms with Gasteiger partial charge < -0.3 is 9.05 Å². The second-order valence-electron chi connectivity index (χ2n) is 2.94. The number of carbonyl (C=O) groups excluding carboxylic acids is 1. The van der Waals surface area contributed by atoms with Gasteiger partial charge >= 0.3 is 7.60 Å². The zero-order valence-corrected chi connectivity index (χ0v) is 10.9. The number of Topliss-reactive ketones (excluding diaryl/α,β-unsaturated/α-hetero) is 1. The van der Waals surface area contributed by atoms with Crippen molar-refractivity contribution in [3.8, 4) is 0 Å². The van der Waals surface area contributed by atoms with Gasteiger partial charge in [0.15, 0.2) is 0 Å². The van der Waals surface area contributed by atoms with Crippen LogP contribution < -0.4 is 0 Å². The highest BCUT2D eigenvalue weighted by atomic mass is 35.5. The minimum absolute atomic E-state index is 0.124. The molecule has 0 aliphatic heterocycles. The van der Waals surface area contributed by atoms with Crippen molar-refractivity contribution in [2.24, 2.45) is 0 Å². The molecule has 0 aromatic rings. The molecule has 0 saturated heterocycles. The van der Waals surface area contributed by atoms with E-state index in [1.54, 1.807) is 13.8 Å². The molecule has 0 bridgehead atoms. The summed E-state index contributed by atoms with van der Waals surface area (Å²) >= 11 is 5.46. The van der Waals surface area contributed by atoms with Crippen molar-refractivity contribution in [2.45, 2.75) is 26.7 Å². The number of hydrogen-bond donors (Lipinski definition) is 0. The van der Waals surface area contributed by atoms with E-state index in [0.717, 1.165) is 0 Å². The highest BCUT2D eigenvalue weighted by Gasteiger charge is 2.26. The summed E-state index contributed by atoms with van der Waals surface area (Å²) in [6.07, 6.45) is 0.776. The average molecular weight is 257 g/mol. The zero-order chi connectivity index (χ0) is 11.7. The summed E-state index contributed by atoms with van der Waals surface area (Å²) in [4.78, 5) is 11.4. The first-order valence-corrected chi connectivity index (χ1v) is 7.30. The van der Waals surface area contributed by atoms with Gasteiger partial charge in [0.25, 0.3) is 0 Å². The first-order valence-electron chi connectivity index (χ1n) is 5.03. The van der Waals surface area contributed by atoms with Gasteiger partial charge in [-0.15, -0.1) is 11.6 Å². The van der Waals surface area contributed by atoms with Crippen molar-refractivity contribution < 1.29 is 18.4 Å². The Labute approximate surface area is 95.8 Å². The Balaban J connectivity index is 4.15. The van der Waals surface area contributed by atoms with Gasteiger partial charge in [0.2, 0.25) is 0 Å². The molecule has 4 nitrogen and oxygen atoms in total. The zero-order valence-electron chi connectivity index (χ0n) is 9.20. The summed E-state index contributed by atoms with van der Waals surface area (Å²) < 4.78 is 21.9. The Hall–Kier alpha value is 0.110. The van der Waals surface area contributed by atoms with Crippen LogP contribution in [0.3, 0.4) is 0 Å². The summed E-state index contributed by atoms with van der Waals surface area (Å²) in [7, 11) is -3.21. The lowest BCUT2D eigenvalue weighted by atomic mass is 10.2. The van der Waals surface area contributed by atoms with Crippen molar-refractivity contribution in [3.63, 3.8) is 0 Å². The molecule has 0 spiro atoms. The fraction of sp³-hybridized carbons (Fsp3) is 0.889. The summed E-state index contributed by atoms with van der Waals surface area (Å²) in [6.45, 7) is 3.99. The number of alkyl halides is 1. The third-order valence-electron chi connectivity index (χ3n) is 1.61. The molecule has 0 N–H and O–H groups in total. The molecule has 0 heterocycles. The quantitative estimate of drug-likeness (QED) is 0.470. The molecular weight excluding hydrogens is 239 g/mol. The molecule has 0 rings (SSSR count). The van der Waals surface area contributed by atoms with Crippen LogP contribution in [0.4, 0.5) is 0 Å². The van der Waals surface area contributed by atoms with Crippen molar-refractivity contribution in [1.82, 2.24) is 0 Å². The van der Waals surface area contributed by atoms with Crippen molar-refractivity contribution in [2.75, 3.05) is 25.3 Å². The minimum Gasteiger partial charge on any atom is -0.309 e. The lowest BCUT2D eigenvalue weighted by molar-refractivity contribution is -0.116. The van der Waals surface area contributed by atoms with Gasteiger partial charge in [-0.3, -0.25) is 9.36 Å². The van der Waals surface area contributed by atoms with E-state index in [1.165, 1.54) is 0 Å². The van der Waals surface area contributed by atoms with Crippen LogP contribution in [-0.4, -0.2) is 31.0 Å². The topological polar surface area (TPSA) is 52.6 Å². The predicted molar refractivity (Wildman–Crippen MR) is 60.7 cm³/mol. The van der Waals surface area contributed by atoms with E-state index in [1.807, 2.05) is 0 Å². The van der Waals surface area contributed by atoms with E-state index in [-0.39, 0.29) is 25.2 Å². The van der Waals surface area contributed by atoms with Gasteiger partial charge in [0, 0.05) is 12.3 Å². The summed E-state index contributed by atoms with van der Waals surface area (Å²) in [6, 6.07) is 0. The summed E-state index contributed by atoms with van der Waals surface area (Å²) in [5, 5.41) is 0. The number of hydrogen-bond acceptors (Lipinski definition) is 4. The monoisotopic (exact) mass is 256 g/mol. The van der Waals surface area contributed by atoms with Crippen LogP contribution in [-0.2, 0) is 18.4 Å². The molecule has 0 saturated carbocycles. The molecule has 6 heteroatoms. The van der Waals surface area contributed by atoms with Gasteiger partial charge in [-0.1, -0.05) is 0 Å². The molecule has 15 heavy (non-hydrogen) atoms. The molecule has 0 unspecified atom stereocenters. The molecule has 0 amide bonds. The van der Waals surface area contributed by atoms with Gasteiger partial charge in [-0.2, -0.15) is 0 Å². The Morgan fingerprint density at radius 2 is 1.80 bits per heavy atom. The van der Waals surface area contributed by atoms with Crippen LogP contribution >= 0.6 is 19.2 Å². The van der Waals surface area contributed by atoms with Crippen molar-refractivity contribution >= 4 is 25.0 Å². The molecule has 0 aliphatic rings. The highest BCUT2D eigenvalue weighted by molar-refractivity contribution is 7.54. The van der Waals surface area contributed by atoms with Gasteiger partial charge in [-0.25, -0.2) is 0 Å². The Bertz CT molecular complexity index is 222. The maximum Gasteiger partial charge on any atom is 0.338 e. The largest absolute Gasteiger partial charge is 0.338 e. The van der Waals surface area contributed by atoms with Crippen molar-refractivity contribution in [3.05, 3.63) is 0 Å². The summed E-state index contributed by atoms with van der Waals surface area (Å²) in [5.41, 5.74) is 0. The third kappa shape index (κ3) is 7.07. The molecule has 0 aromatic heterocycles. The number of carbonyl (C=O) groups is 1. The lowest BCUT2D eigenvalue weighted by Gasteiger charge is -2.15. The second-order valence-corrected chi connectivity index (χ2v) is 5.37. The Morgan fingerprint density at radius 1 is 1.27 bits per heavy atom. The first-order chi connectivity index (χ1) is 7.08. The van der Waals surface area contributed by atoms with Crippen LogP contribution in [0.1, 0.15) is 26.7 Å². The van der Waals surface area contributed by atoms with E-state index < -0.39 is 7.60 Å². The maximum atomic E-state index is 11.9. The maximum absolute atomic E-state index is 11.9. The Kier molecular flexibility index (Phi) is 8.34. The van der Waals surface area contributed by atoms with Crippen LogP contribution in [0, 0.1) is 0 Å². The molecular formula is C9H18ClO4P. The van der Waals surface area contributed by atoms with Crippen LogP contribution in [0.15, 0.2) is 0 Å². The van der Waals surface area contributed by atoms with E-state index in [2.05, 4.69) is 0 Å². The average Bonchev–Trinajstić information content (AvgIpc) is 2.15. The third-order valence-corrected chi connectivity index (χ3v) is 3.92. The normalized spacial score (nSPS) is 11.7. The van der Waals surface area contributed by atoms with Crippen LogP contribution in [0.25, 0.3) is 0 Å².